The van der Waals surface area contributed by atoms with Gasteiger partial charge in [-0.15, -0.1) is 0 Å². The number of fused-ring (bicyclic) bond motifs is 5. The third-order valence-electron chi connectivity index (χ3n) is 12.4. The van der Waals surface area contributed by atoms with Crippen molar-refractivity contribution in [3.8, 4) is 0 Å². The van der Waals surface area contributed by atoms with Gasteiger partial charge in [0.1, 0.15) is 0 Å². The van der Waals surface area contributed by atoms with Gasteiger partial charge >= 0.3 is 15.6 Å². The maximum Gasteiger partial charge on any atom is 0.472 e. The van der Waals surface area contributed by atoms with Crippen LogP contribution in [0.3, 0.4) is 0 Å². The smallest absolute Gasteiger partial charge is 0.375 e. The molecule has 4 saturated carbocycles. The van der Waals surface area contributed by atoms with Gasteiger partial charge in [0.25, 0.3) is 0 Å². The van der Waals surface area contributed by atoms with E-state index in [1.807, 2.05) is 13.8 Å². The highest BCUT2D eigenvalue weighted by Crippen LogP contribution is 2.69. The van der Waals surface area contributed by atoms with E-state index in [4.69, 9.17) is 27.6 Å². The zero-order valence-corrected chi connectivity index (χ0v) is 31.2. The first-order valence-corrected chi connectivity index (χ1v) is 21.3. The first kappa shape index (κ1) is 38.9. The second-order valence-electron chi connectivity index (χ2n) is 15.1. The van der Waals surface area contributed by atoms with Crippen molar-refractivity contribution in [3.05, 3.63) is 0 Å². The fourth-order valence-electron chi connectivity index (χ4n) is 10.4. The molecule has 0 spiro atoms. The SMILES string of the molecule is CCCOP(=O)(O)OCCO[C@H]1C[C@H]2[C@@H]([C@H](OCCOP(=O)(O)OCCC)C[C@@H]3CCCC[C@@]32C)[C@@H]2CC[C@H]([C@H](C)CCC)[C@@]12C. The Hall–Kier alpha value is 0.140. The van der Waals surface area contributed by atoms with E-state index < -0.39 is 15.6 Å². The van der Waals surface area contributed by atoms with E-state index in [2.05, 4.69) is 27.7 Å². The number of rotatable bonds is 19. The molecular weight excluding hydrogens is 630 g/mol. The van der Waals surface area contributed by atoms with Gasteiger partial charge in [-0.05, 0) is 92.3 Å². The van der Waals surface area contributed by atoms with Crippen LogP contribution in [0.5, 0.6) is 0 Å². The Morgan fingerprint density at radius 1 is 0.739 bits per heavy atom. The summed E-state index contributed by atoms with van der Waals surface area (Å²) in [7, 11) is -8.18. The molecule has 10 nitrogen and oxygen atoms in total. The highest BCUT2D eigenvalue weighted by Gasteiger charge is 2.66. The Morgan fingerprint density at radius 3 is 1.96 bits per heavy atom. The van der Waals surface area contributed by atoms with E-state index in [9.17, 15) is 18.9 Å². The summed E-state index contributed by atoms with van der Waals surface area (Å²) in [4.78, 5) is 20.1. The van der Waals surface area contributed by atoms with Crippen molar-refractivity contribution in [2.24, 2.45) is 46.3 Å². The lowest BCUT2D eigenvalue weighted by molar-refractivity contribution is -0.223. The van der Waals surface area contributed by atoms with Crippen LogP contribution in [0.15, 0.2) is 0 Å². The summed E-state index contributed by atoms with van der Waals surface area (Å²) in [5.74, 6) is 2.85. The number of hydrogen-bond donors (Lipinski definition) is 2. The van der Waals surface area contributed by atoms with Crippen molar-refractivity contribution in [1.29, 1.82) is 0 Å². The average Bonchev–Trinajstić information content (AvgIpc) is 3.37. The molecule has 0 aromatic heterocycles. The summed E-state index contributed by atoms with van der Waals surface area (Å²) >= 11 is 0. The van der Waals surface area contributed by atoms with Gasteiger partial charge in [-0.2, -0.15) is 0 Å². The Balaban J connectivity index is 1.56. The minimum atomic E-state index is -4.09. The molecular formula is C34H64O10P2. The Bertz CT molecular complexity index is 1050. The highest BCUT2D eigenvalue weighted by atomic mass is 31.2. The maximum atomic E-state index is 12.3. The molecule has 0 amide bonds. The summed E-state index contributed by atoms with van der Waals surface area (Å²) in [6.45, 7) is 14.3. The first-order chi connectivity index (χ1) is 21.8. The van der Waals surface area contributed by atoms with Gasteiger partial charge in [0.15, 0.2) is 0 Å². The summed E-state index contributed by atoms with van der Waals surface area (Å²) in [5, 5.41) is 0. The van der Waals surface area contributed by atoms with Gasteiger partial charge in [-0.3, -0.25) is 18.1 Å². The van der Waals surface area contributed by atoms with Crippen LogP contribution in [-0.2, 0) is 36.7 Å². The lowest BCUT2D eigenvalue weighted by atomic mass is 9.43. The quantitative estimate of drug-likeness (QED) is 0.100. The summed E-state index contributed by atoms with van der Waals surface area (Å²) in [5.41, 5.74) is 0.136. The Labute approximate surface area is 278 Å². The number of phosphoric ester groups is 2. The van der Waals surface area contributed by atoms with Crippen LogP contribution in [0.2, 0.25) is 0 Å². The van der Waals surface area contributed by atoms with E-state index in [0.29, 0.717) is 48.3 Å². The maximum absolute atomic E-state index is 12.3. The molecule has 270 valence electrons. The zero-order valence-electron chi connectivity index (χ0n) is 29.4. The van der Waals surface area contributed by atoms with Crippen LogP contribution in [0.4, 0.5) is 0 Å². The van der Waals surface area contributed by atoms with Crippen molar-refractivity contribution < 1.29 is 46.5 Å². The van der Waals surface area contributed by atoms with E-state index in [1.165, 1.54) is 32.1 Å². The van der Waals surface area contributed by atoms with E-state index in [-0.39, 0.29) is 62.7 Å². The molecule has 0 aromatic rings. The topological polar surface area (TPSA) is 130 Å². The lowest BCUT2D eigenvalue weighted by Gasteiger charge is -2.64. The molecule has 4 fully saturated rings. The molecule has 12 atom stereocenters. The molecule has 0 bridgehead atoms. The summed E-state index contributed by atoms with van der Waals surface area (Å²) in [6.07, 6.45) is 12.9. The van der Waals surface area contributed by atoms with Crippen LogP contribution < -0.4 is 0 Å². The predicted octanol–water partition coefficient (Wildman–Crippen LogP) is 8.55. The molecule has 4 aliphatic carbocycles. The van der Waals surface area contributed by atoms with Crippen molar-refractivity contribution in [2.75, 3.05) is 39.6 Å². The van der Waals surface area contributed by atoms with Crippen LogP contribution in [-0.4, -0.2) is 61.6 Å². The average molecular weight is 695 g/mol. The van der Waals surface area contributed by atoms with Crippen molar-refractivity contribution in [1.82, 2.24) is 0 Å². The van der Waals surface area contributed by atoms with Gasteiger partial charge in [-0.1, -0.05) is 67.2 Å². The molecule has 4 aliphatic rings. The standard InChI is InChI=1S/C34H64O10P2/c1-7-12-25(4)27-14-15-28-32-29(24-31(34(27,28)6)40-20-22-44-46(37,38)42-18-9-3)33(5)16-11-10-13-26(33)23-30(32)39-19-21-43-45(35,36)41-17-8-2/h25-32H,7-24H2,1-6H3,(H,35,36)(H,37,38)/t25-,26+,27-,28+,29+,30-,31+,32+,33+,34-/m1/s1. The molecule has 2 N–H and O–H groups in total. The van der Waals surface area contributed by atoms with Crippen molar-refractivity contribution in [3.63, 3.8) is 0 Å². The highest BCUT2D eigenvalue weighted by molar-refractivity contribution is 7.47. The monoisotopic (exact) mass is 694 g/mol. The molecule has 12 heteroatoms. The Kier molecular flexibility index (Phi) is 14.3. The van der Waals surface area contributed by atoms with Crippen molar-refractivity contribution >= 4 is 15.6 Å². The number of phosphoric acid groups is 2. The lowest BCUT2D eigenvalue weighted by Crippen LogP contribution is -2.62. The third kappa shape index (κ3) is 8.89. The minimum absolute atomic E-state index is 0.0142. The van der Waals surface area contributed by atoms with Crippen molar-refractivity contribution in [2.45, 2.75) is 131 Å². The minimum Gasteiger partial charge on any atom is -0.375 e. The fraction of sp³-hybridized carbons (Fsp3) is 1.00. The molecule has 2 unspecified atom stereocenters. The first-order valence-electron chi connectivity index (χ1n) is 18.3. The molecule has 0 aliphatic heterocycles. The summed E-state index contributed by atoms with van der Waals surface area (Å²) < 4.78 is 58.7. The van der Waals surface area contributed by atoms with E-state index in [0.717, 1.165) is 32.1 Å². The second-order valence-corrected chi connectivity index (χ2v) is 18.0. The molecule has 0 radical (unpaired) electrons. The molecule has 0 saturated heterocycles. The molecule has 46 heavy (non-hydrogen) atoms. The molecule has 0 aromatic carbocycles. The normalized spacial score (nSPS) is 39.1. The Morgan fingerprint density at radius 2 is 1.35 bits per heavy atom. The van der Waals surface area contributed by atoms with Crippen LogP contribution in [0.1, 0.15) is 119 Å². The van der Waals surface area contributed by atoms with Gasteiger partial charge in [-0.25, -0.2) is 9.13 Å². The van der Waals surface area contributed by atoms with Gasteiger partial charge in [0.05, 0.1) is 51.8 Å². The van der Waals surface area contributed by atoms with Crippen LogP contribution >= 0.6 is 15.6 Å². The summed E-state index contributed by atoms with van der Waals surface area (Å²) in [6, 6.07) is 0. The largest absolute Gasteiger partial charge is 0.472 e. The second kappa shape index (κ2) is 16.9. The van der Waals surface area contributed by atoms with Gasteiger partial charge in [0, 0.05) is 5.41 Å². The van der Waals surface area contributed by atoms with E-state index >= 15 is 0 Å². The zero-order chi connectivity index (χ0) is 33.6. The van der Waals surface area contributed by atoms with Crippen LogP contribution in [0, 0.1) is 46.3 Å². The van der Waals surface area contributed by atoms with E-state index in [1.54, 1.807) is 0 Å². The molecule has 0 heterocycles. The predicted molar refractivity (Wildman–Crippen MR) is 178 cm³/mol. The van der Waals surface area contributed by atoms with Gasteiger partial charge in [0.2, 0.25) is 0 Å². The number of hydrogen-bond acceptors (Lipinski definition) is 8. The van der Waals surface area contributed by atoms with Gasteiger partial charge < -0.3 is 19.3 Å². The molecule has 4 rings (SSSR count). The fourth-order valence-corrected chi connectivity index (χ4v) is 12.0. The van der Waals surface area contributed by atoms with Crippen LogP contribution in [0.25, 0.3) is 0 Å². The number of ether oxygens (including phenoxy) is 2. The third-order valence-corrected chi connectivity index (χ3v) is 14.4.